The van der Waals surface area contributed by atoms with E-state index in [1.54, 1.807) is 18.3 Å². The van der Waals surface area contributed by atoms with Crippen molar-refractivity contribution in [1.29, 1.82) is 0 Å². The zero-order valence-electron chi connectivity index (χ0n) is 20.6. The predicted octanol–water partition coefficient (Wildman–Crippen LogP) is 7.31. The molecule has 3 aromatic rings. The fourth-order valence-corrected chi connectivity index (χ4v) is 6.18. The molecule has 196 valence electrons. The Morgan fingerprint density at radius 1 is 1.03 bits per heavy atom. The summed E-state index contributed by atoms with van der Waals surface area (Å²) in [5, 5.41) is 6.13. The van der Waals surface area contributed by atoms with Crippen LogP contribution in [0.25, 0.3) is 0 Å². The molecular formula is C29H25Cl3N2O4. The Morgan fingerprint density at radius 2 is 1.82 bits per heavy atom. The van der Waals surface area contributed by atoms with E-state index in [0.29, 0.717) is 44.5 Å². The number of pyridine rings is 1. The number of rotatable bonds is 8. The minimum absolute atomic E-state index is 0.0614. The largest absolute Gasteiger partial charge is 0.493 e. The zero-order chi connectivity index (χ0) is 26.4. The summed E-state index contributed by atoms with van der Waals surface area (Å²) in [4.78, 5) is 21.9. The van der Waals surface area contributed by atoms with Crippen LogP contribution in [0.5, 0.6) is 5.75 Å². The Labute approximate surface area is 235 Å². The van der Waals surface area contributed by atoms with Crippen LogP contribution in [0.15, 0.2) is 60.0 Å². The van der Waals surface area contributed by atoms with Gasteiger partial charge < -0.3 is 14.3 Å². The number of nitrogens with zero attached hydrogens (tertiary/aromatic N) is 2. The standard InChI is InChI=1S/C29H25Cl3N2O4/c1-36-29(35)17-9-16(12-33-13-17)20-11-21(20)19-8-7-18(10-25(19)32)37-14-22-27(34-38-28(22)15-5-6-15)26-23(30)3-2-4-24(26)31/h2-4,7-10,12-13,15,20-22,28H,5-6,11,14H2,1H3. The number of ether oxygens (including phenoxy) is 2. The third kappa shape index (κ3) is 4.97. The molecule has 4 unspecified atom stereocenters. The monoisotopic (exact) mass is 570 g/mol. The van der Waals surface area contributed by atoms with Gasteiger partial charge in [-0.25, -0.2) is 4.79 Å². The highest BCUT2D eigenvalue weighted by Crippen LogP contribution is 2.56. The van der Waals surface area contributed by atoms with Crippen molar-refractivity contribution in [3.63, 3.8) is 0 Å². The highest BCUT2D eigenvalue weighted by molar-refractivity contribution is 6.40. The Balaban J connectivity index is 1.16. The Morgan fingerprint density at radius 3 is 2.53 bits per heavy atom. The predicted molar refractivity (Wildman–Crippen MR) is 147 cm³/mol. The van der Waals surface area contributed by atoms with Crippen molar-refractivity contribution in [2.24, 2.45) is 17.0 Å². The first-order chi connectivity index (χ1) is 18.4. The number of aromatic nitrogens is 1. The Hall–Kier alpha value is -2.80. The van der Waals surface area contributed by atoms with Crippen molar-refractivity contribution in [3.8, 4) is 5.75 Å². The van der Waals surface area contributed by atoms with Crippen LogP contribution in [0.2, 0.25) is 15.1 Å². The third-order valence-corrected chi connectivity index (χ3v) is 8.48. The summed E-state index contributed by atoms with van der Waals surface area (Å²) in [5.41, 5.74) is 3.94. The van der Waals surface area contributed by atoms with Crippen molar-refractivity contribution < 1.29 is 19.1 Å². The number of carbonyl (C=O) groups excluding carboxylic acids is 1. The van der Waals surface area contributed by atoms with E-state index in [0.717, 1.165) is 36.1 Å². The molecule has 6 nitrogen and oxygen atoms in total. The molecule has 1 aromatic heterocycles. The van der Waals surface area contributed by atoms with Crippen molar-refractivity contribution in [2.75, 3.05) is 13.7 Å². The van der Waals surface area contributed by atoms with Gasteiger partial charge in [0.25, 0.3) is 0 Å². The van der Waals surface area contributed by atoms with Crippen LogP contribution < -0.4 is 4.74 Å². The maximum Gasteiger partial charge on any atom is 0.339 e. The molecule has 0 spiro atoms. The Kier molecular flexibility index (Phi) is 6.97. The minimum Gasteiger partial charge on any atom is -0.493 e. The van der Waals surface area contributed by atoms with Gasteiger partial charge >= 0.3 is 5.97 Å². The van der Waals surface area contributed by atoms with E-state index in [1.165, 1.54) is 13.3 Å². The van der Waals surface area contributed by atoms with Crippen molar-refractivity contribution in [2.45, 2.75) is 37.2 Å². The minimum atomic E-state index is -0.391. The van der Waals surface area contributed by atoms with E-state index in [9.17, 15) is 4.79 Å². The number of oxime groups is 1. The lowest BCUT2D eigenvalue weighted by molar-refractivity contribution is 0.0340. The summed E-state index contributed by atoms with van der Waals surface area (Å²) in [7, 11) is 1.36. The van der Waals surface area contributed by atoms with E-state index < -0.39 is 5.97 Å². The fourth-order valence-electron chi connectivity index (χ4n) is 5.28. The van der Waals surface area contributed by atoms with Crippen LogP contribution in [0.3, 0.4) is 0 Å². The molecule has 0 bridgehead atoms. The SMILES string of the molecule is COC(=O)c1cncc(C2CC2c2ccc(OCC3C(c4c(Cl)cccc4Cl)=NOC3C3CC3)cc2Cl)c1. The van der Waals surface area contributed by atoms with Gasteiger partial charge in [0.05, 0.1) is 28.6 Å². The second-order valence-electron chi connectivity index (χ2n) is 10.0. The Bertz CT molecular complexity index is 1400. The average Bonchev–Trinajstić information content (AvgIpc) is 3.85. The maximum absolute atomic E-state index is 11.9. The third-order valence-electron chi connectivity index (χ3n) is 7.53. The average molecular weight is 572 g/mol. The first kappa shape index (κ1) is 25.5. The molecule has 2 saturated carbocycles. The number of halogens is 3. The zero-order valence-corrected chi connectivity index (χ0v) is 22.8. The van der Waals surface area contributed by atoms with Crippen LogP contribution >= 0.6 is 34.8 Å². The van der Waals surface area contributed by atoms with Gasteiger partial charge in [0.1, 0.15) is 24.2 Å². The van der Waals surface area contributed by atoms with Gasteiger partial charge in [-0.2, -0.15) is 0 Å². The fraction of sp³-hybridized carbons (Fsp3) is 0.345. The lowest BCUT2D eigenvalue weighted by Gasteiger charge is -2.20. The summed E-state index contributed by atoms with van der Waals surface area (Å²) < 4.78 is 11.1. The van der Waals surface area contributed by atoms with Gasteiger partial charge in [0.15, 0.2) is 0 Å². The summed E-state index contributed by atoms with van der Waals surface area (Å²) in [6, 6.07) is 13.1. The van der Waals surface area contributed by atoms with Crippen LogP contribution in [0.4, 0.5) is 0 Å². The topological polar surface area (TPSA) is 70.0 Å². The highest BCUT2D eigenvalue weighted by Gasteiger charge is 2.46. The van der Waals surface area contributed by atoms with E-state index >= 15 is 0 Å². The summed E-state index contributed by atoms with van der Waals surface area (Å²) in [5.74, 6) is 1.16. The normalized spacial score (nSPS) is 23.9. The molecule has 9 heteroatoms. The highest BCUT2D eigenvalue weighted by atomic mass is 35.5. The van der Waals surface area contributed by atoms with Gasteiger partial charge in [-0.05, 0) is 78.5 Å². The molecule has 0 N–H and O–H groups in total. The van der Waals surface area contributed by atoms with Crippen LogP contribution in [0, 0.1) is 11.8 Å². The number of esters is 1. The van der Waals surface area contributed by atoms with E-state index in [4.69, 9.17) is 49.1 Å². The number of hydrogen-bond donors (Lipinski definition) is 0. The maximum atomic E-state index is 11.9. The van der Waals surface area contributed by atoms with Crippen molar-refractivity contribution in [1.82, 2.24) is 4.98 Å². The molecule has 0 amide bonds. The first-order valence-corrected chi connectivity index (χ1v) is 13.7. The number of hydrogen-bond acceptors (Lipinski definition) is 6. The summed E-state index contributed by atoms with van der Waals surface area (Å²) in [6.45, 7) is 0.370. The second-order valence-corrected chi connectivity index (χ2v) is 11.3. The number of benzene rings is 2. The molecule has 4 atom stereocenters. The first-order valence-electron chi connectivity index (χ1n) is 12.6. The molecule has 2 aliphatic carbocycles. The molecule has 3 aliphatic rings. The molecule has 0 saturated heterocycles. The van der Waals surface area contributed by atoms with E-state index in [2.05, 4.69) is 10.1 Å². The van der Waals surface area contributed by atoms with Gasteiger partial charge in [-0.3, -0.25) is 4.98 Å². The van der Waals surface area contributed by atoms with E-state index in [-0.39, 0.29) is 23.9 Å². The van der Waals surface area contributed by atoms with Crippen LogP contribution in [-0.2, 0) is 9.57 Å². The molecule has 2 aromatic carbocycles. The molecule has 2 fully saturated rings. The number of carbonyl (C=O) groups is 1. The van der Waals surface area contributed by atoms with Gasteiger partial charge in [-0.1, -0.05) is 52.1 Å². The molecule has 2 heterocycles. The van der Waals surface area contributed by atoms with Gasteiger partial charge in [0, 0.05) is 23.0 Å². The van der Waals surface area contributed by atoms with E-state index in [1.807, 2.05) is 30.3 Å². The van der Waals surface area contributed by atoms with Crippen LogP contribution in [0.1, 0.15) is 58.1 Å². The molecule has 38 heavy (non-hydrogen) atoms. The quantitative estimate of drug-likeness (QED) is 0.265. The number of methoxy groups -OCH3 is 1. The van der Waals surface area contributed by atoms with Gasteiger partial charge in [0.2, 0.25) is 0 Å². The summed E-state index contributed by atoms with van der Waals surface area (Å²) >= 11 is 19.7. The molecule has 0 radical (unpaired) electrons. The summed E-state index contributed by atoms with van der Waals surface area (Å²) in [6.07, 6.45) is 6.42. The van der Waals surface area contributed by atoms with Crippen molar-refractivity contribution in [3.05, 3.63) is 92.2 Å². The van der Waals surface area contributed by atoms with Gasteiger partial charge in [-0.15, -0.1) is 0 Å². The smallest absolute Gasteiger partial charge is 0.339 e. The lowest BCUT2D eigenvalue weighted by Crippen LogP contribution is -2.31. The lowest BCUT2D eigenvalue weighted by atomic mass is 9.90. The van der Waals surface area contributed by atoms with Crippen LogP contribution in [-0.4, -0.2) is 36.5 Å². The molecular weight excluding hydrogens is 547 g/mol. The van der Waals surface area contributed by atoms with Crippen molar-refractivity contribution >= 4 is 46.5 Å². The molecule has 6 rings (SSSR count). The molecule has 1 aliphatic heterocycles. The second kappa shape index (κ2) is 10.4.